The van der Waals surface area contributed by atoms with E-state index in [9.17, 15) is 17.6 Å². The van der Waals surface area contributed by atoms with Crippen molar-refractivity contribution in [3.05, 3.63) is 65.5 Å². The predicted molar refractivity (Wildman–Crippen MR) is 88.3 cm³/mol. The molecule has 0 aromatic heterocycles. The van der Waals surface area contributed by atoms with Crippen LogP contribution >= 0.6 is 0 Å². The van der Waals surface area contributed by atoms with Crippen LogP contribution in [0, 0.1) is 12.7 Å². The molecule has 2 rings (SSSR count). The molecule has 0 heterocycles. The first-order chi connectivity index (χ1) is 10.8. The zero-order valence-electron chi connectivity index (χ0n) is 12.9. The fourth-order valence-corrected chi connectivity index (χ4v) is 3.31. The number of hydrogen-bond acceptors (Lipinski definition) is 3. The Bertz CT molecular complexity index is 801. The van der Waals surface area contributed by atoms with Crippen LogP contribution in [-0.4, -0.2) is 19.6 Å². The van der Waals surface area contributed by atoms with Gasteiger partial charge in [-0.05, 0) is 43.7 Å². The van der Waals surface area contributed by atoms with Crippen molar-refractivity contribution in [1.29, 1.82) is 0 Å². The lowest BCUT2D eigenvalue weighted by atomic mass is 10.2. The highest BCUT2D eigenvalue weighted by molar-refractivity contribution is 7.92. The summed E-state index contributed by atoms with van der Waals surface area (Å²) in [4.78, 5) is 12.1. The second kappa shape index (κ2) is 6.91. The standard InChI is InChI=1S/C17H18FNO3S/c1-12-6-8-16(9-7-12)19-17(20)13(2)23(21,22)11-14-4-3-5-15(18)10-14/h3-10,13H,11H2,1-2H3,(H,19,20)/t13-/m1/s1. The lowest BCUT2D eigenvalue weighted by molar-refractivity contribution is -0.115. The SMILES string of the molecule is Cc1ccc(NC(=O)[C@@H](C)S(=O)(=O)Cc2cccc(F)c2)cc1. The Morgan fingerprint density at radius 1 is 1.17 bits per heavy atom. The summed E-state index contributed by atoms with van der Waals surface area (Å²) in [5.74, 6) is -1.49. The maximum absolute atomic E-state index is 13.1. The minimum atomic E-state index is -3.74. The quantitative estimate of drug-likeness (QED) is 0.913. The molecule has 23 heavy (non-hydrogen) atoms. The lowest BCUT2D eigenvalue weighted by Gasteiger charge is -2.13. The third kappa shape index (κ3) is 4.63. The number of benzene rings is 2. The number of sulfone groups is 1. The smallest absolute Gasteiger partial charge is 0.242 e. The number of halogens is 1. The zero-order chi connectivity index (χ0) is 17.0. The van der Waals surface area contributed by atoms with Gasteiger partial charge in [-0.3, -0.25) is 4.79 Å². The normalized spacial score (nSPS) is 12.7. The lowest BCUT2D eigenvalue weighted by Crippen LogP contribution is -2.33. The molecule has 0 aliphatic rings. The molecule has 0 saturated heterocycles. The number of aryl methyl sites for hydroxylation is 1. The molecular formula is C17H18FNO3S. The van der Waals surface area contributed by atoms with E-state index >= 15 is 0 Å². The summed E-state index contributed by atoms with van der Waals surface area (Å²) in [5.41, 5.74) is 1.89. The van der Waals surface area contributed by atoms with Crippen LogP contribution in [-0.2, 0) is 20.4 Å². The number of anilines is 1. The van der Waals surface area contributed by atoms with Crippen molar-refractivity contribution in [2.75, 3.05) is 5.32 Å². The number of nitrogens with one attached hydrogen (secondary N) is 1. The summed E-state index contributed by atoms with van der Waals surface area (Å²) in [6.07, 6.45) is 0. The summed E-state index contributed by atoms with van der Waals surface area (Å²) < 4.78 is 37.8. The van der Waals surface area contributed by atoms with Crippen molar-refractivity contribution >= 4 is 21.4 Å². The van der Waals surface area contributed by atoms with Gasteiger partial charge in [-0.15, -0.1) is 0 Å². The minimum Gasteiger partial charge on any atom is -0.325 e. The van der Waals surface area contributed by atoms with Crippen LogP contribution in [0.2, 0.25) is 0 Å². The molecule has 0 fully saturated rings. The van der Waals surface area contributed by atoms with E-state index in [1.807, 2.05) is 19.1 Å². The van der Waals surface area contributed by atoms with Gasteiger partial charge < -0.3 is 5.32 Å². The zero-order valence-corrected chi connectivity index (χ0v) is 13.7. The van der Waals surface area contributed by atoms with E-state index < -0.39 is 26.8 Å². The van der Waals surface area contributed by atoms with Crippen LogP contribution in [0.25, 0.3) is 0 Å². The average Bonchev–Trinajstić information content (AvgIpc) is 2.48. The second-order valence-corrected chi connectivity index (χ2v) is 7.76. The number of amides is 1. The molecule has 0 saturated carbocycles. The number of carbonyl (C=O) groups excluding carboxylic acids is 1. The molecule has 4 nitrogen and oxygen atoms in total. The molecular weight excluding hydrogens is 317 g/mol. The summed E-state index contributed by atoms with van der Waals surface area (Å²) in [5, 5.41) is 1.35. The van der Waals surface area contributed by atoms with Gasteiger partial charge in [-0.2, -0.15) is 0 Å². The van der Waals surface area contributed by atoms with Crippen molar-refractivity contribution in [2.24, 2.45) is 0 Å². The highest BCUT2D eigenvalue weighted by Gasteiger charge is 2.28. The van der Waals surface area contributed by atoms with Crippen LogP contribution < -0.4 is 5.32 Å². The van der Waals surface area contributed by atoms with Gasteiger partial charge in [0.05, 0.1) is 5.75 Å². The molecule has 0 aliphatic heterocycles. The molecule has 0 unspecified atom stereocenters. The third-order valence-corrected chi connectivity index (χ3v) is 5.51. The predicted octanol–water partition coefficient (Wildman–Crippen LogP) is 3.08. The van der Waals surface area contributed by atoms with Gasteiger partial charge in [-0.1, -0.05) is 29.8 Å². The van der Waals surface area contributed by atoms with E-state index in [1.54, 1.807) is 12.1 Å². The molecule has 2 aromatic rings. The first-order valence-electron chi connectivity index (χ1n) is 7.11. The Balaban J connectivity index is 2.09. The first-order valence-corrected chi connectivity index (χ1v) is 8.83. The van der Waals surface area contributed by atoms with E-state index in [2.05, 4.69) is 5.32 Å². The van der Waals surface area contributed by atoms with Gasteiger partial charge in [0.25, 0.3) is 0 Å². The fraction of sp³-hybridized carbons (Fsp3) is 0.235. The van der Waals surface area contributed by atoms with Crippen LogP contribution in [0.5, 0.6) is 0 Å². The molecule has 6 heteroatoms. The number of carbonyl (C=O) groups is 1. The maximum atomic E-state index is 13.1. The Kier molecular flexibility index (Phi) is 5.15. The minimum absolute atomic E-state index is 0.319. The fourth-order valence-electron chi connectivity index (χ4n) is 2.03. The van der Waals surface area contributed by atoms with Crippen LogP contribution in [0.4, 0.5) is 10.1 Å². The molecule has 1 amide bonds. The van der Waals surface area contributed by atoms with Gasteiger partial charge >= 0.3 is 0 Å². The van der Waals surface area contributed by atoms with Crippen LogP contribution in [0.1, 0.15) is 18.1 Å². The summed E-state index contributed by atoms with van der Waals surface area (Å²) in [6, 6.07) is 12.4. The van der Waals surface area contributed by atoms with E-state index in [0.717, 1.165) is 11.6 Å². The van der Waals surface area contributed by atoms with Gasteiger partial charge in [0.2, 0.25) is 5.91 Å². The van der Waals surface area contributed by atoms with Gasteiger partial charge in [0, 0.05) is 5.69 Å². The highest BCUT2D eigenvalue weighted by atomic mass is 32.2. The van der Waals surface area contributed by atoms with E-state index in [4.69, 9.17) is 0 Å². The van der Waals surface area contributed by atoms with E-state index in [1.165, 1.54) is 25.1 Å². The molecule has 0 aliphatic carbocycles. The monoisotopic (exact) mass is 335 g/mol. The Hall–Kier alpha value is -2.21. The molecule has 0 spiro atoms. The molecule has 0 bridgehead atoms. The van der Waals surface area contributed by atoms with Crippen molar-refractivity contribution < 1.29 is 17.6 Å². The molecule has 2 aromatic carbocycles. The van der Waals surface area contributed by atoms with Gasteiger partial charge in [0.1, 0.15) is 11.1 Å². The van der Waals surface area contributed by atoms with Crippen molar-refractivity contribution in [3.63, 3.8) is 0 Å². The summed E-state index contributed by atoms with van der Waals surface area (Å²) in [7, 11) is -3.74. The Labute approximate surface area is 135 Å². The average molecular weight is 335 g/mol. The van der Waals surface area contributed by atoms with Crippen LogP contribution in [0.3, 0.4) is 0 Å². The first kappa shape index (κ1) is 17.1. The Morgan fingerprint density at radius 3 is 2.43 bits per heavy atom. The van der Waals surface area contributed by atoms with E-state index in [-0.39, 0.29) is 5.75 Å². The molecule has 1 atom stereocenters. The third-order valence-electron chi connectivity index (χ3n) is 3.48. The molecule has 122 valence electrons. The topological polar surface area (TPSA) is 63.2 Å². The number of rotatable bonds is 5. The summed E-state index contributed by atoms with van der Waals surface area (Å²) >= 11 is 0. The van der Waals surface area contributed by atoms with Crippen molar-refractivity contribution in [1.82, 2.24) is 0 Å². The van der Waals surface area contributed by atoms with Crippen molar-refractivity contribution in [2.45, 2.75) is 24.9 Å². The maximum Gasteiger partial charge on any atom is 0.242 e. The molecule has 1 N–H and O–H groups in total. The van der Waals surface area contributed by atoms with Crippen molar-refractivity contribution in [3.8, 4) is 0 Å². The molecule has 0 radical (unpaired) electrons. The number of hydrogen-bond donors (Lipinski definition) is 1. The Morgan fingerprint density at radius 2 is 1.83 bits per heavy atom. The van der Waals surface area contributed by atoms with Gasteiger partial charge in [0.15, 0.2) is 9.84 Å². The van der Waals surface area contributed by atoms with Gasteiger partial charge in [-0.25, -0.2) is 12.8 Å². The van der Waals surface area contributed by atoms with Crippen LogP contribution in [0.15, 0.2) is 48.5 Å². The summed E-state index contributed by atoms with van der Waals surface area (Å²) in [6.45, 7) is 3.25. The van der Waals surface area contributed by atoms with E-state index in [0.29, 0.717) is 11.3 Å². The largest absolute Gasteiger partial charge is 0.325 e. The highest BCUT2D eigenvalue weighted by Crippen LogP contribution is 2.15. The second-order valence-electron chi connectivity index (χ2n) is 5.43.